The van der Waals surface area contributed by atoms with Gasteiger partial charge in [0.2, 0.25) is 0 Å². The standard InChI is InChI=1S/C18H25N5O/c1-3-22-11-8-16(20-22)18(24)21-9-6-15(7-10-21)23-13(2)12-19-17(23)14-4-5-14/h8,11-12,14-15H,3-7,9-10H2,1-2H3. The van der Waals surface area contributed by atoms with E-state index in [1.807, 2.05) is 30.3 Å². The second kappa shape index (κ2) is 6.07. The maximum Gasteiger partial charge on any atom is 0.274 e. The van der Waals surface area contributed by atoms with Crippen molar-refractivity contribution in [3.63, 3.8) is 0 Å². The molecule has 2 aromatic rings. The number of aryl methyl sites for hydroxylation is 2. The Hall–Kier alpha value is -2.11. The highest BCUT2D eigenvalue weighted by Crippen LogP contribution is 2.41. The summed E-state index contributed by atoms with van der Waals surface area (Å²) in [7, 11) is 0. The Morgan fingerprint density at radius 2 is 2.00 bits per heavy atom. The maximum atomic E-state index is 12.6. The average Bonchev–Trinajstić information content (AvgIpc) is 3.21. The van der Waals surface area contributed by atoms with Crippen LogP contribution in [0.2, 0.25) is 0 Å². The molecule has 3 heterocycles. The molecule has 0 spiro atoms. The number of rotatable bonds is 4. The summed E-state index contributed by atoms with van der Waals surface area (Å²) in [5, 5.41) is 4.34. The van der Waals surface area contributed by atoms with E-state index >= 15 is 0 Å². The fourth-order valence-electron chi connectivity index (χ4n) is 3.72. The van der Waals surface area contributed by atoms with Crippen molar-refractivity contribution in [1.82, 2.24) is 24.2 Å². The largest absolute Gasteiger partial charge is 0.337 e. The summed E-state index contributed by atoms with van der Waals surface area (Å²) < 4.78 is 4.24. The molecule has 1 amide bonds. The molecule has 0 unspecified atom stereocenters. The van der Waals surface area contributed by atoms with Crippen molar-refractivity contribution >= 4 is 5.91 Å². The van der Waals surface area contributed by atoms with Gasteiger partial charge in [0, 0.05) is 49.7 Å². The predicted octanol–water partition coefficient (Wildman–Crippen LogP) is 2.76. The van der Waals surface area contributed by atoms with Crippen LogP contribution >= 0.6 is 0 Å². The monoisotopic (exact) mass is 327 g/mol. The quantitative estimate of drug-likeness (QED) is 0.867. The molecule has 0 aromatic carbocycles. The van der Waals surface area contributed by atoms with Crippen LogP contribution in [0.1, 0.15) is 66.6 Å². The highest BCUT2D eigenvalue weighted by Gasteiger charge is 2.33. The summed E-state index contributed by atoms with van der Waals surface area (Å²) in [5.41, 5.74) is 1.82. The fraction of sp³-hybridized carbons (Fsp3) is 0.611. The topological polar surface area (TPSA) is 56.0 Å². The van der Waals surface area contributed by atoms with Gasteiger partial charge >= 0.3 is 0 Å². The van der Waals surface area contributed by atoms with Gasteiger partial charge in [-0.3, -0.25) is 9.48 Å². The third-order valence-electron chi connectivity index (χ3n) is 5.25. The Labute approximate surface area is 142 Å². The van der Waals surface area contributed by atoms with Crippen molar-refractivity contribution in [2.24, 2.45) is 0 Å². The molecule has 1 aliphatic carbocycles. The lowest BCUT2D eigenvalue weighted by atomic mass is 10.0. The first-order chi connectivity index (χ1) is 11.7. The number of amides is 1. The lowest BCUT2D eigenvalue weighted by Crippen LogP contribution is -2.39. The SMILES string of the molecule is CCn1ccc(C(=O)N2CCC(n3c(C)cnc3C3CC3)CC2)n1. The zero-order valence-corrected chi connectivity index (χ0v) is 14.5. The maximum absolute atomic E-state index is 12.6. The first-order valence-corrected chi connectivity index (χ1v) is 9.03. The Kier molecular flexibility index (Phi) is 3.90. The molecule has 6 heteroatoms. The van der Waals surface area contributed by atoms with Crippen LogP contribution in [0.4, 0.5) is 0 Å². The Morgan fingerprint density at radius 3 is 2.62 bits per heavy atom. The van der Waals surface area contributed by atoms with Gasteiger partial charge in [-0.2, -0.15) is 5.10 Å². The molecular weight excluding hydrogens is 302 g/mol. The molecular formula is C18H25N5O. The van der Waals surface area contributed by atoms with Crippen LogP contribution in [0.15, 0.2) is 18.5 Å². The van der Waals surface area contributed by atoms with E-state index in [0.717, 1.165) is 32.5 Å². The average molecular weight is 327 g/mol. The third-order valence-corrected chi connectivity index (χ3v) is 5.25. The zero-order valence-electron chi connectivity index (χ0n) is 14.5. The van der Waals surface area contributed by atoms with Crippen molar-refractivity contribution in [3.05, 3.63) is 35.7 Å². The van der Waals surface area contributed by atoms with Crippen molar-refractivity contribution in [1.29, 1.82) is 0 Å². The minimum Gasteiger partial charge on any atom is -0.337 e. The van der Waals surface area contributed by atoms with Crippen LogP contribution in [0.5, 0.6) is 0 Å². The van der Waals surface area contributed by atoms with E-state index in [9.17, 15) is 4.79 Å². The number of carbonyl (C=O) groups excluding carboxylic acids is 1. The van der Waals surface area contributed by atoms with E-state index in [1.165, 1.54) is 24.4 Å². The Balaban J connectivity index is 1.43. The first kappa shape index (κ1) is 15.4. The summed E-state index contributed by atoms with van der Waals surface area (Å²) in [4.78, 5) is 19.2. The molecule has 1 saturated heterocycles. The molecule has 1 saturated carbocycles. The summed E-state index contributed by atoms with van der Waals surface area (Å²) in [6, 6.07) is 2.30. The van der Waals surface area contributed by atoms with Crippen LogP contribution in [0.3, 0.4) is 0 Å². The molecule has 24 heavy (non-hydrogen) atoms. The minimum absolute atomic E-state index is 0.0606. The molecule has 128 valence electrons. The molecule has 0 radical (unpaired) electrons. The Morgan fingerprint density at radius 1 is 1.25 bits per heavy atom. The molecule has 0 atom stereocenters. The van der Waals surface area contributed by atoms with Crippen LogP contribution in [-0.2, 0) is 6.54 Å². The summed E-state index contributed by atoms with van der Waals surface area (Å²) in [5.74, 6) is 1.99. The molecule has 6 nitrogen and oxygen atoms in total. The van der Waals surface area contributed by atoms with Crippen LogP contribution in [0, 0.1) is 6.92 Å². The number of likely N-dealkylation sites (tertiary alicyclic amines) is 1. The molecule has 2 aromatic heterocycles. The number of aromatic nitrogens is 4. The molecule has 0 N–H and O–H groups in total. The lowest BCUT2D eigenvalue weighted by Gasteiger charge is -2.33. The van der Waals surface area contributed by atoms with Crippen LogP contribution in [0.25, 0.3) is 0 Å². The van der Waals surface area contributed by atoms with Gasteiger partial charge in [0.25, 0.3) is 5.91 Å². The first-order valence-electron chi connectivity index (χ1n) is 9.03. The van der Waals surface area contributed by atoms with Gasteiger partial charge in [-0.1, -0.05) is 0 Å². The molecule has 2 aliphatic rings. The van der Waals surface area contributed by atoms with E-state index in [1.54, 1.807) is 4.68 Å². The zero-order chi connectivity index (χ0) is 16.7. The summed E-state index contributed by atoms with van der Waals surface area (Å²) in [6.07, 6.45) is 8.41. The third kappa shape index (κ3) is 2.74. The van der Waals surface area contributed by atoms with Gasteiger partial charge in [0.15, 0.2) is 0 Å². The molecule has 0 bridgehead atoms. The number of nitrogens with zero attached hydrogens (tertiary/aromatic N) is 5. The number of hydrogen-bond donors (Lipinski definition) is 0. The molecule has 2 fully saturated rings. The van der Waals surface area contributed by atoms with E-state index in [2.05, 4.69) is 21.6 Å². The number of hydrogen-bond acceptors (Lipinski definition) is 3. The second-order valence-electron chi connectivity index (χ2n) is 6.98. The van der Waals surface area contributed by atoms with Gasteiger partial charge in [-0.15, -0.1) is 0 Å². The second-order valence-corrected chi connectivity index (χ2v) is 6.98. The van der Waals surface area contributed by atoms with Crippen molar-refractivity contribution in [2.75, 3.05) is 13.1 Å². The number of piperidine rings is 1. The van der Waals surface area contributed by atoms with Gasteiger partial charge in [-0.05, 0) is 45.6 Å². The predicted molar refractivity (Wildman–Crippen MR) is 91.0 cm³/mol. The lowest BCUT2D eigenvalue weighted by molar-refractivity contribution is 0.0686. The number of carbonyl (C=O) groups is 1. The smallest absolute Gasteiger partial charge is 0.274 e. The highest BCUT2D eigenvalue weighted by atomic mass is 16.2. The van der Waals surface area contributed by atoms with Crippen LogP contribution < -0.4 is 0 Å². The highest BCUT2D eigenvalue weighted by molar-refractivity contribution is 5.92. The Bertz CT molecular complexity index is 734. The van der Waals surface area contributed by atoms with Crippen molar-refractivity contribution in [3.8, 4) is 0 Å². The van der Waals surface area contributed by atoms with Gasteiger partial charge in [0.05, 0.1) is 0 Å². The molecule has 4 rings (SSSR count). The van der Waals surface area contributed by atoms with Gasteiger partial charge in [-0.25, -0.2) is 4.98 Å². The summed E-state index contributed by atoms with van der Waals surface area (Å²) in [6.45, 7) is 6.55. The fourth-order valence-corrected chi connectivity index (χ4v) is 3.72. The minimum atomic E-state index is 0.0606. The summed E-state index contributed by atoms with van der Waals surface area (Å²) >= 11 is 0. The van der Waals surface area contributed by atoms with E-state index in [4.69, 9.17) is 0 Å². The van der Waals surface area contributed by atoms with Crippen LogP contribution in [-0.4, -0.2) is 43.2 Å². The number of imidazole rings is 1. The van der Waals surface area contributed by atoms with E-state index in [0.29, 0.717) is 17.7 Å². The van der Waals surface area contributed by atoms with E-state index < -0.39 is 0 Å². The molecule has 1 aliphatic heterocycles. The normalized spacial score (nSPS) is 19.0. The van der Waals surface area contributed by atoms with Crippen molar-refractivity contribution < 1.29 is 4.79 Å². The van der Waals surface area contributed by atoms with Gasteiger partial charge < -0.3 is 9.47 Å². The van der Waals surface area contributed by atoms with Gasteiger partial charge in [0.1, 0.15) is 11.5 Å². The van der Waals surface area contributed by atoms with E-state index in [-0.39, 0.29) is 5.91 Å². The van der Waals surface area contributed by atoms with Crippen molar-refractivity contribution in [2.45, 2.75) is 58.0 Å².